The molecule has 0 atom stereocenters. The van der Waals surface area contributed by atoms with E-state index >= 15 is 0 Å². The van der Waals surface area contributed by atoms with Crippen LogP contribution in [0, 0.1) is 5.92 Å². The first-order valence-electron chi connectivity index (χ1n) is 3.93. The Balaban J connectivity index is 2.95. The van der Waals surface area contributed by atoms with Crippen molar-refractivity contribution in [2.75, 3.05) is 7.11 Å². The molecule has 0 amide bonds. The number of hydrogen-bond acceptors (Lipinski definition) is 5. The Morgan fingerprint density at radius 3 is 2.77 bits per heavy atom. The first-order valence-corrected chi connectivity index (χ1v) is 3.93. The zero-order valence-electron chi connectivity index (χ0n) is 7.81. The van der Waals surface area contributed by atoms with Crippen molar-refractivity contribution in [3.63, 3.8) is 0 Å². The minimum atomic E-state index is -0.0959. The van der Waals surface area contributed by atoms with E-state index in [-0.39, 0.29) is 17.7 Å². The molecule has 0 N–H and O–H groups in total. The van der Waals surface area contributed by atoms with Gasteiger partial charge in [0.1, 0.15) is 5.69 Å². The van der Waals surface area contributed by atoms with Gasteiger partial charge in [-0.15, -0.1) is 0 Å². The number of rotatable bonds is 3. The van der Waals surface area contributed by atoms with E-state index in [4.69, 9.17) is 4.74 Å². The van der Waals surface area contributed by atoms with Gasteiger partial charge in [-0.2, -0.15) is 10.1 Å². The summed E-state index contributed by atoms with van der Waals surface area (Å²) in [6.07, 6.45) is 1.34. The van der Waals surface area contributed by atoms with Crippen molar-refractivity contribution in [3.05, 3.63) is 11.9 Å². The highest BCUT2D eigenvalue weighted by atomic mass is 16.5. The summed E-state index contributed by atoms with van der Waals surface area (Å²) in [7, 11) is 1.43. The molecule has 0 aliphatic rings. The lowest BCUT2D eigenvalue weighted by Crippen LogP contribution is -2.11. The van der Waals surface area contributed by atoms with Crippen molar-refractivity contribution in [1.82, 2.24) is 15.2 Å². The second-order valence-corrected chi connectivity index (χ2v) is 2.85. The van der Waals surface area contributed by atoms with E-state index in [0.717, 1.165) is 0 Å². The average molecular weight is 181 g/mol. The second kappa shape index (κ2) is 3.93. The fourth-order valence-corrected chi connectivity index (χ4v) is 0.788. The third-order valence-corrected chi connectivity index (χ3v) is 1.50. The smallest absolute Gasteiger partial charge is 0.336 e. The lowest BCUT2D eigenvalue weighted by Gasteiger charge is -2.02. The Labute approximate surface area is 76.2 Å². The number of carbonyl (C=O) groups excluding carboxylic acids is 1. The van der Waals surface area contributed by atoms with E-state index in [9.17, 15) is 4.79 Å². The lowest BCUT2D eigenvalue weighted by atomic mass is 10.1. The summed E-state index contributed by atoms with van der Waals surface area (Å²) in [5, 5.41) is 7.16. The summed E-state index contributed by atoms with van der Waals surface area (Å²) in [5.74, 6) is -0.158. The predicted molar refractivity (Wildman–Crippen MR) is 45.5 cm³/mol. The van der Waals surface area contributed by atoms with Crippen LogP contribution in [0.5, 0.6) is 6.01 Å². The summed E-state index contributed by atoms with van der Waals surface area (Å²) in [4.78, 5) is 15.3. The Hall–Kier alpha value is -1.52. The molecule has 5 heteroatoms. The van der Waals surface area contributed by atoms with Crippen LogP contribution >= 0.6 is 0 Å². The topological polar surface area (TPSA) is 65.0 Å². The second-order valence-electron chi connectivity index (χ2n) is 2.85. The molecule has 0 bridgehead atoms. The number of Topliss-reactive ketones (excluding diaryl/α,β-unsaturated/α-hetero) is 1. The van der Waals surface area contributed by atoms with Crippen LogP contribution in [0.15, 0.2) is 6.20 Å². The van der Waals surface area contributed by atoms with Crippen molar-refractivity contribution in [2.45, 2.75) is 13.8 Å². The van der Waals surface area contributed by atoms with Gasteiger partial charge in [0.2, 0.25) is 0 Å². The highest BCUT2D eigenvalue weighted by Crippen LogP contribution is 2.06. The molecule has 0 saturated carbocycles. The monoisotopic (exact) mass is 181 g/mol. The molecule has 0 radical (unpaired) electrons. The molecular weight excluding hydrogens is 170 g/mol. The van der Waals surface area contributed by atoms with Crippen LogP contribution in [-0.2, 0) is 0 Å². The molecule has 0 unspecified atom stereocenters. The van der Waals surface area contributed by atoms with Crippen LogP contribution in [-0.4, -0.2) is 28.1 Å². The Bertz CT molecular complexity index is 312. The molecule has 70 valence electrons. The molecule has 0 saturated heterocycles. The van der Waals surface area contributed by atoms with E-state index in [2.05, 4.69) is 15.2 Å². The van der Waals surface area contributed by atoms with Gasteiger partial charge in [0.05, 0.1) is 13.3 Å². The fourth-order valence-electron chi connectivity index (χ4n) is 0.788. The Morgan fingerprint density at radius 2 is 2.23 bits per heavy atom. The summed E-state index contributed by atoms with van der Waals surface area (Å²) in [6, 6.07) is 0.117. The normalized spacial score (nSPS) is 10.2. The molecule has 1 heterocycles. The minimum Gasteiger partial charge on any atom is -0.466 e. The lowest BCUT2D eigenvalue weighted by molar-refractivity contribution is 0.0932. The molecule has 1 rings (SSSR count). The highest BCUT2D eigenvalue weighted by Gasteiger charge is 2.13. The number of nitrogens with zero attached hydrogens (tertiary/aromatic N) is 3. The standard InChI is InChI=1S/C8H11N3O2/c1-5(2)7(12)6-4-9-11-8(10-6)13-3/h4-5H,1-3H3. The minimum absolute atomic E-state index is 0.0619. The maximum Gasteiger partial charge on any atom is 0.336 e. The summed E-state index contributed by atoms with van der Waals surface area (Å²) >= 11 is 0. The average Bonchev–Trinajstić information content (AvgIpc) is 2.16. The molecule has 13 heavy (non-hydrogen) atoms. The zero-order valence-corrected chi connectivity index (χ0v) is 7.81. The Morgan fingerprint density at radius 1 is 1.54 bits per heavy atom. The van der Waals surface area contributed by atoms with Crippen molar-refractivity contribution >= 4 is 5.78 Å². The van der Waals surface area contributed by atoms with Gasteiger partial charge >= 0.3 is 6.01 Å². The van der Waals surface area contributed by atoms with E-state index in [1.54, 1.807) is 13.8 Å². The molecule has 0 aliphatic carbocycles. The first-order chi connectivity index (χ1) is 6.15. The van der Waals surface area contributed by atoms with E-state index in [1.807, 2.05) is 0 Å². The maximum atomic E-state index is 11.4. The third-order valence-electron chi connectivity index (χ3n) is 1.50. The van der Waals surface area contributed by atoms with Crippen molar-refractivity contribution < 1.29 is 9.53 Å². The third kappa shape index (κ3) is 2.21. The van der Waals surface area contributed by atoms with Crippen molar-refractivity contribution in [2.24, 2.45) is 5.92 Å². The molecule has 1 aromatic rings. The summed E-state index contributed by atoms with van der Waals surface area (Å²) in [6.45, 7) is 3.60. The van der Waals surface area contributed by atoms with Crippen LogP contribution in [0.3, 0.4) is 0 Å². The van der Waals surface area contributed by atoms with Crippen LogP contribution in [0.25, 0.3) is 0 Å². The van der Waals surface area contributed by atoms with Crippen molar-refractivity contribution in [3.8, 4) is 6.01 Å². The highest BCUT2D eigenvalue weighted by molar-refractivity contribution is 5.95. The van der Waals surface area contributed by atoms with Gasteiger partial charge in [-0.1, -0.05) is 18.9 Å². The van der Waals surface area contributed by atoms with Crippen LogP contribution in [0.1, 0.15) is 24.3 Å². The molecular formula is C8H11N3O2. The van der Waals surface area contributed by atoms with E-state index in [0.29, 0.717) is 5.69 Å². The van der Waals surface area contributed by atoms with Crippen LogP contribution < -0.4 is 4.74 Å². The number of hydrogen-bond donors (Lipinski definition) is 0. The summed E-state index contributed by atoms with van der Waals surface area (Å²) in [5.41, 5.74) is 0.293. The van der Waals surface area contributed by atoms with Gasteiger partial charge in [-0.3, -0.25) is 4.79 Å². The van der Waals surface area contributed by atoms with Crippen molar-refractivity contribution in [1.29, 1.82) is 0 Å². The zero-order chi connectivity index (χ0) is 9.84. The van der Waals surface area contributed by atoms with Gasteiger partial charge in [0, 0.05) is 5.92 Å². The Kier molecular flexibility index (Phi) is 2.89. The number of methoxy groups -OCH3 is 1. The van der Waals surface area contributed by atoms with Crippen LogP contribution in [0.2, 0.25) is 0 Å². The van der Waals surface area contributed by atoms with Gasteiger partial charge in [-0.25, -0.2) is 0 Å². The van der Waals surface area contributed by atoms with Gasteiger partial charge in [0.25, 0.3) is 0 Å². The quantitative estimate of drug-likeness (QED) is 0.643. The largest absolute Gasteiger partial charge is 0.466 e. The van der Waals surface area contributed by atoms with E-state index in [1.165, 1.54) is 13.3 Å². The number of ether oxygens (including phenoxy) is 1. The number of ketones is 1. The predicted octanol–water partition coefficient (Wildman–Crippen LogP) is 0.719. The number of carbonyl (C=O) groups is 1. The molecule has 0 aromatic carbocycles. The van der Waals surface area contributed by atoms with Gasteiger partial charge in [-0.05, 0) is 0 Å². The fraction of sp³-hybridized carbons (Fsp3) is 0.500. The molecule has 0 spiro atoms. The van der Waals surface area contributed by atoms with Gasteiger partial charge < -0.3 is 4.74 Å². The molecule has 0 fully saturated rings. The molecule has 5 nitrogen and oxygen atoms in total. The summed E-state index contributed by atoms with van der Waals surface area (Å²) < 4.78 is 4.75. The molecule has 0 aliphatic heterocycles. The van der Waals surface area contributed by atoms with E-state index < -0.39 is 0 Å². The van der Waals surface area contributed by atoms with Gasteiger partial charge in [0.15, 0.2) is 5.78 Å². The number of aromatic nitrogens is 3. The van der Waals surface area contributed by atoms with Crippen LogP contribution in [0.4, 0.5) is 0 Å². The molecule has 1 aromatic heterocycles. The maximum absolute atomic E-state index is 11.4. The first kappa shape index (κ1) is 9.57. The SMILES string of the molecule is COc1nncc(C(=O)C(C)C)n1.